The first kappa shape index (κ1) is 13.3. The quantitative estimate of drug-likeness (QED) is 0.470. The summed E-state index contributed by atoms with van der Waals surface area (Å²) in [5.74, 6) is 4.49. The number of non-ortho nitro benzene ring substituents is 1. The summed E-state index contributed by atoms with van der Waals surface area (Å²) in [5, 5.41) is 21.6. The average molecular weight is 256 g/mol. The van der Waals surface area contributed by atoms with Gasteiger partial charge in [0.25, 0.3) is 5.69 Å². The number of nitro benzene ring substituents is 2. The van der Waals surface area contributed by atoms with Gasteiger partial charge in [-0.1, -0.05) is 0 Å². The molecule has 0 aliphatic heterocycles. The van der Waals surface area contributed by atoms with E-state index in [0.29, 0.717) is 5.17 Å². The zero-order valence-electron chi connectivity index (χ0n) is 9.10. The molecule has 0 aliphatic carbocycles. The highest BCUT2D eigenvalue weighted by Gasteiger charge is 2.23. The van der Waals surface area contributed by atoms with Crippen LogP contribution in [0.25, 0.3) is 0 Å². The Bertz CT molecular complexity index is 516. The van der Waals surface area contributed by atoms with Crippen molar-refractivity contribution in [3.63, 3.8) is 0 Å². The van der Waals surface area contributed by atoms with Gasteiger partial charge in [0.1, 0.15) is 0 Å². The van der Waals surface area contributed by atoms with Gasteiger partial charge in [-0.25, -0.2) is 10.6 Å². The Morgan fingerprint density at radius 2 is 1.94 bits per heavy atom. The highest BCUT2D eigenvalue weighted by Crippen LogP contribution is 2.30. The lowest BCUT2D eigenvalue weighted by Gasteiger charge is -2.15. The predicted octanol–water partition coefficient (Wildman–Crippen LogP) is 0.661. The van der Waals surface area contributed by atoms with Crippen LogP contribution in [0.4, 0.5) is 17.1 Å². The standard InChI is InChI=1S/C8H8N4O6/c1-5(13)18-10(9)7-3-2-6(11(14)15)4-8(7)12(16)17/h2-4H,9H2,1H3. The Balaban J connectivity index is 3.23. The van der Waals surface area contributed by atoms with Gasteiger partial charge in [0, 0.05) is 13.0 Å². The van der Waals surface area contributed by atoms with Gasteiger partial charge < -0.3 is 4.84 Å². The van der Waals surface area contributed by atoms with Crippen molar-refractivity contribution < 1.29 is 19.5 Å². The summed E-state index contributed by atoms with van der Waals surface area (Å²) >= 11 is 0. The first-order valence-electron chi connectivity index (χ1n) is 4.49. The number of rotatable bonds is 4. The molecule has 0 spiro atoms. The smallest absolute Gasteiger partial charge is 0.326 e. The van der Waals surface area contributed by atoms with Crippen molar-refractivity contribution >= 4 is 23.0 Å². The van der Waals surface area contributed by atoms with Crippen molar-refractivity contribution in [1.29, 1.82) is 0 Å². The number of carbonyl (C=O) groups is 1. The highest BCUT2D eigenvalue weighted by molar-refractivity contribution is 5.70. The Labute approximate surface area is 99.8 Å². The van der Waals surface area contributed by atoms with Crippen LogP contribution in [0.1, 0.15) is 6.92 Å². The van der Waals surface area contributed by atoms with E-state index in [9.17, 15) is 25.0 Å². The zero-order chi connectivity index (χ0) is 13.9. The predicted molar refractivity (Wildman–Crippen MR) is 58.2 cm³/mol. The average Bonchev–Trinajstić information content (AvgIpc) is 2.26. The van der Waals surface area contributed by atoms with E-state index in [-0.39, 0.29) is 5.69 Å². The molecule has 2 N–H and O–H groups in total. The second-order valence-electron chi connectivity index (χ2n) is 3.10. The molecule has 0 heterocycles. The van der Waals surface area contributed by atoms with E-state index in [1.165, 1.54) is 0 Å². The van der Waals surface area contributed by atoms with Crippen molar-refractivity contribution in [2.24, 2.45) is 5.84 Å². The number of hydrogen-bond acceptors (Lipinski definition) is 8. The van der Waals surface area contributed by atoms with Crippen LogP contribution in [0.2, 0.25) is 0 Å². The van der Waals surface area contributed by atoms with Crippen LogP contribution in [-0.4, -0.2) is 15.8 Å². The number of hydrazine groups is 1. The number of nitrogens with zero attached hydrogens (tertiary/aromatic N) is 3. The molecule has 0 saturated heterocycles. The maximum Gasteiger partial charge on any atom is 0.331 e. The molecule has 18 heavy (non-hydrogen) atoms. The number of hydrogen-bond donors (Lipinski definition) is 1. The zero-order valence-corrected chi connectivity index (χ0v) is 9.10. The third-order valence-electron chi connectivity index (χ3n) is 1.83. The number of benzene rings is 1. The monoisotopic (exact) mass is 256 g/mol. The molecule has 96 valence electrons. The van der Waals surface area contributed by atoms with Crippen LogP contribution in [0.5, 0.6) is 0 Å². The summed E-state index contributed by atoms with van der Waals surface area (Å²) < 4.78 is 0. The van der Waals surface area contributed by atoms with Crippen LogP contribution in [0, 0.1) is 20.2 Å². The van der Waals surface area contributed by atoms with Crippen LogP contribution in [0.3, 0.4) is 0 Å². The number of nitro groups is 2. The summed E-state index contributed by atoms with van der Waals surface area (Å²) in [6, 6.07) is 2.74. The molecule has 0 fully saturated rings. The molecule has 0 aromatic heterocycles. The molecular formula is C8H8N4O6. The van der Waals surface area contributed by atoms with Gasteiger partial charge in [0.15, 0.2) is 5.69 Å². The Morgan fingerprint density at radius 1 is 1.33 bits per heavy atom. The van der Waals surface area contributed by atoms with Gasteiger partial charge in [-0.05, 0) is 6.07 Å². The molecular weight excluding hydrogens is 248 g/mol. The van der Waals surface area contributed by atoms with Gasteiger partial charge >= 0.3 is 11.7 Å². The first-order chi connectivity index (χ1) is 8.32. The van der Waals surface area contributed by atoms with Gasteiger partial charge in [0.2, 0.25) is 0 Å². The molecule has 0 aliphatic rings. The summed E-state index contributed by atoms with van der Waals surface area (Å²) in [5.41, 5.74) is -1.39. The summed E-state index contributed by atoms with van der Waals surface area (Å²) in [6.45, 7) is 1.05. The van der Waals surface area contributed by atoms with E-state index < -0.39 is 27.2 Å². The third-order valence-corrected chi connectivity index (χ3v) is 1.83. The summed E-state index contributed by atoms with van der Waals surface area (Å²) in [7, 11) is 0. The lowest BCUT2D eigenvalue weighted by Crippen LogP contribution is -2.33. The molecule has 0 atom stereocenters. The topological polar surface area (TPSA) is 142 Å². The Hall–Kier alpha value is -2.75. The van der Waals surface area contributed by atoms with Crippen LogP contribution >= 0.6 is 0 Å². The van der Waals surface area contributed by atoms with Crippen molar-refractivity contribution in [2.75, 3.05) is 5.17 Å². The van der Waals surface area contributed by atoms with E-state index in [4.69, 9.17) is 5.84 Å². The van der Waals surface area contributed by atoms with E-state index in [2.05, 4.69) is 4.84 Å². The largest absolute Gasteiger partial charge is 0.331 e. The summed E-state index contributed by atoms with van der Waals surface area (Å²) in [4.78, 5) is 34.7. The number of nitrogens with two attached hydrogens (primary N) is 1. The van der Waals surface area contributed by atoms with E-state index in [0.717, 1.165) is 25.1 Å². The van der Waals surface area contributed by atoms with Crippen molar-refractivity contribution in [2.45, 2.75) is 6.92 Å². The van der Waals surface area contributed by atoms with E-state index in [1.54, 1.807) is 0 Å². The lowest BCUT2D eigenvalue weighted by atomic mass is 10.2. The van der Waals surface area contributed by atoms with Gasteiger partial charge in [-0.2, -0.15) is 0 Å². The maximum absolute atomic E-state index is 10.7. The fourth-order valence-corrected chi connectivity index (χ4v) is 1.15. The Kier molecular flexibility index (Phi) is 3.74. The number of carbonyl (C=O) groups excluding carboxylic acids is 1. The highest BCUT2D eigenvalue weighted by atomic mass is 16.7. The van der Waals surface area contributed by atoms with E-state index >= 15 is 0 Å². The molecule has 10 heteroatoms. The van der Waals surface area contributed by atoms with Gasteiger partial charge in [-0.3, -0.25) is 20.2 Å². The molecule has 0 radical (unpaired) electrons. The van der Waals surface area contributed by atoms with Crippen LogP contribution < -0.4 is 11.0 Å². The fourth-order valence-electron chi connectivity index (χ4n) is 1.15. The molecule has 1 aromatic carbocycles. The van der Waals surface area contributed by atoms with E-state index in [1.807, 2.05) is 0 Å². The summed E-state index contributed by atoms with van der Waals surface area (Å²) in [6.07, 6.45) is 0. The molecule has 0 saturated carbocycles. The minimum Gasteiger partial charge on any atom is -0.326 e. The SMILES string of the molecule is CC(=O)ON(N)c1ccc([N+](=O)[O-])cc1[N+](=O)[O-]. The molecule has 0 bridgehead atoms. The lowest BCUT2D eigenvalue weighted by molar-refractivity contribution is -0.393. The van der Waals surface area contributed by atoms with Crippen molar-refractivity contribution in [3.05, 3.63) is 38.4 Å². The van der Waals surface area contributed by atoms with Crippen LogP contribution in [-0.2, 0) is 9.63 Å². The molecule has 1 rings (SSSR count). The first-order valence-corrected chi connectivity index (χ1v) is 4.49. The van der Waals surface area contributed by atoms with Gasteiger partial charge in [-0.15, -0.1) is 5.17 Å². The third kappa shape index (κ3) is 2.89. The van der Waals surface area contributed by atoms with Crippen molar-refractivity contribution in [3.8, 4) is 0 Å². The molecule has 0 unspecified atom stereocenters. The normalized spacial score (nSPS) is 9.67. The minimum atomic E-state index is -0.869. The minimum absolute atomic E-state index is 0.277. The van der Waals surface area contributed by atoms with Gasteiger partial charge in [0.05, 0.1) is 15.9 Å². The van der Waals surface area contributed by atoms with Crippen molar-refractivity contribution in [1.82, 2.24) is 0 Å². The number of anilines is 1. The van der Waals surface area contributed by atoms with Crippen LogP contribution in [0.15, 0.2) is 18.2 Å². The maximum atomic E-state index is 10.7. The fraction of sp³-hybridized carbons (Fsp3) is 0.125. The Morgan fingerprint density at radius 3 is 2.39 bits per heavy atom. The molecule has 0 amide bonds. The molecule has 10 nitrogen and oxygen atoms in total. The second-order valence-corrected chi connectivity index (χ2v) is 3.10. The second kappa shape index (κ2) is 5.05. The molecule has 1 aromatic rings.